The number of carboxylic acid groups (broad SMARTS) is 1. The zero-order valence-corrected chi connectivity index (χ0v) is 7.69. The molecule has 0 saturated carbocycles. The number of aryl methyl sites for hydroxylation is 1. The van der Waals surface area contributed by atoms with Crippen LogP contribution in [-0.2, 0) is 11.3 Å². The highest BCUT2D eigenvalue weighted by Crippen LogP contribution is 2.03. The predicted molar refractivity (Wildman–Crippen MR) is 48.5 cm³/mol. The number of carbonyl (C=O) groups is 1. The van der Waals surface area contributed by atoms with Gasteiger partial charge in [-0.1, -0.05) is 6.08 Å². The lowest BCUT2D eigenvalue weighted by molar-refractivity contribution is -0.131. The molecule has 0 unspecified atom stereocenters. The number of nitrogens with zero attached hydrogens (tertiary/aromatic N) is 2. The summed E-state index contributed by atoms with van der Waals surface area (Å²) in [7, 11) is 0. The lowest BCUT2D eigenvalue weighted by Crippen LogP contribution is -1.97. The summed E-state index contributed by atoms with van der Waals surface area (Å²) in [6, 6.07) is 0. The third-order valence-corrected chi connectivity index (χ3v) is 1.91. The third-order valence-electron chi connectivity index (χ3n) is 1.91. The molecule has 0 aliphatic rings. The lowest BCUT2D eigenvalue weighted by Gasteiger charge is -1.99. The zero-order chi connectivity index (χ0) is 9.84. The van der Waals surface area contributed by atoms with Crippen molar-refractivity contribution in [2.75, 3.05) is 0 Å². The van der Waals surface area contributed by atoms with Crippen molar-refractivity contribution in [2.45, 2.75) is 20.4 Å². The molecule has 0 radical (unpaired) electrons. The summed E-state index contributed by atoms with van der Waals surface area (Å²) in [4.78, 5) is 14.3. The molecule has 0 fully saturated rings. The summed E-state index contributed by atoms with van der Waals surface area (Å²) in [6.07, 6.45) is 4.43. The van der Waals surface area contributed by atoms with Gasteiger partial charge in [0.25, 0.3) is 0 Å². The van der Waals surface area contributed by atoms with E-state index in [1.165, 1.54) is 0 Å². The van der Waals surface area contributed by atoms with Gasteiger partial charge in [-0.05, 0) is 13.8 Å². The highest BCUT2D eigenvalue weighted by Gasteiger charge is 1.98. The third kappa shape index (κ3) is 2.43. The fourth-order valence-corrected chi connectivity index (χ4v) is 0.995. The molecule has 1 rings (SSSR count). The van der Waals surface area contributed by atoms with Gasteiger partial charge in [-0.25, -0.2) is 9.78 Å². The van der Waals surface area contributed by atoms with Crippen LogP contribution in [0.2, 0.25) is 0 Å². The number of imidazole rings is 1. The Hall–Kier alpha value is -1.58. The van der Waals surface area contributed by atoms with Crippen molar-refractivity contribution in [1.29, 1.82) is 0 Å². The van der Waals surface area contributed by atoms with Crippen molar-refractivity contribution >= 4 is 5.97 Å². The summed E-state index contributed by atoms with van der Waals surface area (Å²) in [6.45, 7) is 4.43. The van der Waals surface area contributed by atoms with Crippen molar-refractivity contribution in [2.24, 2.45) is 0 Å². The van der Waals surface area contributed by atoms with Crippen LogP contribution in [0.25, 0.3) is 0 Å². The molecule has 4 heteroatoms. The largest absolute Gasteiger partial charge is 0.478 e. The van der Waals surface area contributed by atoms with Crippen LogP contribution >= 0.6 is 0 Å². The van der Waals surface area contributed by atoms with E-state index in [1.54, 1.807) is 12.4 Å². The van der Waals surface area contributed by atoms with E-state index in [0.29, 0.717) is 6.54 Å². The quantitative estimate of drug-likeness (QED) is 0.709. The molecule has 1 N–H and O–H groups in total. The minimum absolute atomic E-state index is 0.555. The molecule has 0 amide bonds. The van der Waals surface area contributed by atoms with Crippen LogP contribution in [0, 0.1) is 13.8 Å². The van der Waals surface area contributed by atoms with Crippen molar-refractivity contribution in [3.05, 3.63) is 29.9 Å². The van der Waals surface area contributed by atoms with Gasteiger partial charge in [0, 0.05) is 18.3 Å². The predicted octanol–water partition coefficient (Wildman–Crippen LogP) is 1.14. The molecular weight excluding hydrogens is 168 g/mol. The van der Waals surface area contributed by atoms with Crippen molar-refractivity contribution in [1.82, 2.24) is 9.55 Å². The standard InChI is InChI=1S/C9H12N2O2/c1-7-8(2)11(6-10-7)5-3-4-9(12)13/h3-4,6H,5H2,1-2H3,(H,12,13)/b4-3+. The first-order chi connectivity index (χ1) is 6.11. The highest BCUT2D eigenvalue weighted by atomic mass is 16.4. The molecule has 1 aromatic rings. The van der Waals surface area contributed by atoms with Crippen LogP contribution in [-0.4, -0.2) is 20.6 Å². The Bertz CT molecular complexity index is 339. The maximum atomic E-state index is 10.2. The number of carboxylic acids is 1. The topological polar surface area (TPSA) is 55.1 Å². The first kappa shape index (κ1) is 9.51. The maximum absolute atomic E-state index is 10.2. The first-order valence-electron chi connectivity index (χ1n) is 3.99. The van der Waals surface area contributed by atoms with Gasteiger partial charge in [-0.2, -0.15) is 0 Å². The SMILES string of the molecule is Cc1ncn(C/C=C/C(=O)O)c1C. The van der Waals surface area contributed by atoms with E-state index in [0.717, 1.165) is 17.5 Å². The second-order valence-corrected chi connectivity index (χ2v) is 2.81. The van der Waals surface area contributed by atoms with Gasteiger partial charge in [0.05, 0.1) is 12.0 Å². The van der Waals surface area contributed by atoms with Crippen LogP contribution in [0.1, 0.15) is 11.4 Å². The van der Waals surface area contributed by atoms with Gasteiger partial charge in [0.1, 0.15) is 0 Å². The Kier molecular flexibility index (Phi) is 2.84. The molecule has 0 aliphatic carbocycles. The average Bonchev–Trinajstić information content (AvgIpc) is 2.35. The van der Waals surface area contributed by atoms with E-state index in [9.17, 15) is 4.79 Å². The van der Waals surface area contributed by atoms with Crippen LogP contribution in [0.15, 0.2) is 18.5 Å². The normalized spacial score (nSPS) is 10.9. The fraction of sp³-hybridized carbons (Fsp3) is 0.333. The Morgan fingerprint density at radius 1 is 1.69 bits per heavy atom. The van der Waals surface area contributed by atoms with Gasteiger partial charge in [0.15, 0.2) is 0 Å². The van der Waals surface area contributed by atoms with Crippen molar-refractivity contribution in [3.8, 4) is 0 Å². The van der Waals surface area contributed by atoms with E-state index in [4.69, 9.17) is 5.11 Å². The summed E-state index contributed by atoms with van der Waals surface area (Å²) < 4.78 is 1.90. The average molecular weight is 180 g/mol. The first-order valence-corrected chi connectivity index (χ1v) is 3.99. The van der Waals surface area contributed by atoms with E-state index in [1.807, 2.05) is 18.4 Å². The number of allylic oxidation sites excluding steroid dienone is 1. The molecular formula is C9H12N2O2. The highest BCUT2D eigenvalue weighted by molar-refractivity contribution is 5.79. The number of aliphatic carboxylic acids is 1. The maximum Gasteiger partial charge on any atom is 0.328 e. The molecule has 0 spiro atoms. The van der Waals surface area contributed by atoms with Gasteiger partial charge >= 0.3 is 5.97 Å². The van der Waals surface area contributed by atoms with Crippen LogP contribution in [0.5, 0.6) is 0 Å². The fourth-order valence-electron chi connectivity index (χ4n) is 0.995. The minimum atomic E-state index is -0.922. The molecule has 0 bridgehead atoms. The summed E-state index contributed by atoms with van der Waals surface area (Å²) in [5.41, 5.74) is 2.04. The molecule has 1 aromatic heterocycles. The number of aromatic nitrogens is 2. The monoisotopic (exact) mass is 180 g/mol. The van der Waals surface area contributed by atoms with Crippen molar-refractivity contribution in [3.63, 3.8) is 0 Å². The molecule has 4 nitrogen and oxygen atoms in total. The minimum Gasteiger partial charge on any atom is -0.478 e. The Morgan fingerprint density at radius 2 is 2.38 bits per heavy atom. The molecule has 0 atom stereocenters. The molecule has 13 heavy (non-hydrogen) atoms. The van der Waals surface area contributed by atoms with E-state index < -0.39 is 5.97 Å². The second kappa shape index (κ2) is 3.89. The summed E-state index contributed by atoms with van der Waals surface area (Å²) >= 11 is 0. The molecule has 0 aromatic carbocycles. The molecule has 70 valence electrons. The van der Waals surface area contributed by atoms with Gasteiger partial charge < -0.3 is 9.67 Å². The van der Waals surface area contributed by atoms with Crippen molar-refractivity contribution < 1.29 is 9.90 Å². The summed E-state index contributed by atoms with van der Waals surface area (Å²) in [5.74, 6) is -0.922. The van der Waals surface area contributed by atoms with Crippen LogP contribution in [0.4, 0.5) is 0 Å². The van der Waals surface area contributed by atoms with E-state index >= 15 is 0 Å². The Morgan fingerprint density at radius 3 is 2.85 bits per heavy atom. The Balaban J connectivity index is 2.65. The molecule has 0 aliphatic heterocycles. The zero-order valence-electron chi connectivity index (χ0n) is 7.69. The van der Waals surface area contributed by atoms with E-state index in [2.05, 4.69) is 4.98 Å². The number of rotatable bonds is 3. The van der Waals surface area contributed by atoms with Gasteiger partial charge in [0.2, 0.25) is 0 Å². The number of hydrogen-bond donors (Lipinski definition) is 1. The van der Waals surface area contributed by atoms with Crippen LogP contribution < -0.4 is 0 Å². The van der Waals surface area contributed by atoms with Crippen LogP contribution in [0.3, 0.4) is 0 Å². The molecule has 1 heterocycles. The molecule has 0 saturated heterocycles. The smallest absolute Gasteiger partial charge is 0.328 e. The number of hydrogen-bond acceptors (Lipinski definition) is 2. The van der Waals surface area contributed by atoms with Gasteiger partial charge in [-0.15, -0.1) is 0 Å². The summed E-state index contributed by atoms with van der Waals surface area (Å²) in [5, 5.41) is 8.35. The lowest BCUT2D eigenvalue weighted by atomic mass is 10.4. The van der Waals surface area contributed by atoms with E-state index in [-0.39, 0.29) is 0 Å². The van der Waals surface area contributed by atoms with Gasteiger partial charge in [-0.3, -0.25) is 0 Å². The second-order valence-electron chi connectivity index (χ2n) is 2.81. The Labute approximate surface area is 76.5 Å².